The van der Waals surface area contributed by atoms with Gasteiger partial charge in [-0.1, -0.05) is 12.1 Å². The highest BCUT2D eigenvalue weighted by Crippen LogP contribution is 2.02. The van der Waals surface area contributed by atoms with Crippen LogP contribution in [0.3, 0.4) is 0 Å². The average Bonchev–Trinajstić information content (AvgIpc) is 2.79. The minimum absolute atomic E-state index is 0.244. The van der Waals surface area contributed by atoms with Crippen molar-refractivity contribution < 1.29 is 4.39 Å². The van der Waals surface area contributed by atoms with E-state index in [2.05, 4.69) is 25.8 Å². The Bertz CT molecular complexity index is 634. The van der Waals surface area contributed by atoms with Crippen molar-refractivity contribution in [3.63, 3.8) is 0 Å². The molecule has 1 aromatic heterocycles. The van der Waals surface area contributed by atoms with Gasteiger partial charge in [-0.05, 0) is 24.6 Å². The molecule has 1 heterocycles. The maximum absolute atomic E-state index is 13.1. The van der Waals surface area contributed by atoms with E-state index in [1.807, 2.05) is 24.6 Å². The van der Waals surface area contributed by atoms with Crippen molar-refractivity contribution in [2.45, 2.75) is 20.0 Å². The molecule has 1 aromatic carbocycles. The quantitative estimate of drug-likeness (QED) is 0.654. The van der Waals surface area contributed by atoms with Gasteiger partial charge in [0, 0.05) is 20.6 Å². The summed E-state index contributed by atoms with van der Waals surface area (Å²) in [5.74, 6) is 2.06. The Balaban J connectivity index is 1.88. The monoisotopic (exact) mass is 290 g/mol. The molecule has 112 valence electrons. The number of hydrogen-bond donors (Lipinski definition) is 2. The summed E-state index contributed by atoms with van der Waals surface area (Å²) in [7, 11) is 3.60. The summed E-state index contributed by atoms with van der Waals surface area (Å²) in [5, 5.41) is 14.3. The van der Waals surface area contributed by atoms with Crippen LogP contribution in [0.15, 0.2) is 29.3 Å². The van der Waals surface area contributed by atoms with Gasteiger partial charge in [-0.3, -0.25) is 4.99 Å². The normalized spacial score (nSPS) is 11.5. The Morgan fingerprint density at radius 3 is 2.67 bits per heavy atom. The molecule has 0 fully saturated rings. The second kappa shape index (κ2) is 6.83. The standard InChI is InChI=1S/C14H19FN6/c1-10-19-20-13(21(10)3)9-18-14(16-2)17-8-11-5-4-6-12(15)7-11/h4-7H,8-9H2,1-3H3,(H2,16,17,18). The van der Waals surface area contributed by atoms with Gasteiger partial charge in [-0.15, -0.1) is 10.2 Å². The van der Waals surface area contributed by atoms with Crippen molar-refractivity contribution in [3.05, 3.63) is 47.3 Å². The number of benzene rings is 1. The summed E-state index contributed by atoms with van der Waals surface area (Å²) in [6.07, 6.45) is 0. The average molecular weight is 290 g/mol. The topological polar surface area (TPSA) is 67.1 Å². The number of rotatable bonds is 4. The molecule has 21 heavy (non-hydrogen) atoms. The molecule has 0 spiro atoms. The molecule has 7 heteroatoms. The lowest BCUT2D eigenvalue weighted by Crippen LogP contribution is -2.36. The molecule has 0 bridgehead atoms. The molecule has 0 radical (unpaired) electrons. The zero-order valence-corrected chi connectivity index (χ0v) is 12.4. The van der Waals surface area contributed by atoms with Gasteiger partial charge in [0.1, 0.15) is 11.6 Å². The third-order valence-corrected chi connectivity index (χ3v) is 3.17. The summed E-state index contributed by atoms with van der Waals surface area (Å²) in [6.45, 7) is 2.91. The number of hydrogen-bond acceptors (Lipinski definition) is 3. The molecule has 0 unspecified atom stereocenters. The van der Waals surface area contributed by atoms with Crippen molar-refractivity contribution in [2.75, 3.05) is 7.05 Å². The van der Waals surface area contributed by atoms with E-state index in [0.717, 1.165) is 17.2 Å². The first kappa shape index (κ1) is 15.0. The number of nitrogens with zero attached hydrogens (tertiary/aromatic N) is 4. The van der Waals surface area contributed by atoms with Gasteiger partial charge in [0.15, 0.2) is 11.8 Å². The Morgan fingerprint density at radius 1 is 1.29 bits per heavy atom. The summed E-state index contributed by atoms with van der Waals surface area (Å²) >= 11 is 0. The fourth-order valence-corrected chi connectivity index (χ4v) is 1.82. The van der Waals surface area contributed by atoms with E-state index < -0.39 is 0 Å². The maximum atomic E-state index is 13.1. The van der Waals surface area contributed by atoms with E-state index in [4.69, 9.17) is 0 Å². The van der Waals surface area contributed by atoms with Crippen LogP contribution in [0.1, 0.15) is 17.2 Å². The highest BCUT2D eigenvalue weighted by atomic mass is 19.1. The fraction of sp³-hybridized carbons (Fsp3) is 0.357. The van der Waals surface area contributed by atoms with Gasteiger partial charge in [0.2, 0.25) is 0 Å². The van der Waals surface area contributed by atoms with E-state index in [0.29, 0.717) is 19.0 Å². The predicted molar refractivity (Wildman–Crippen MR) is 79.2 cm³/mol. The first-order chi connectivity index (χ1) is 10.1. The molecule has 6 nitrogen and oxygen atoms in total. The zero-order valence-electron chi connectivity index (χ0n) is 12.4. The minimum Gasteiger partial charge on any atom is -0.352 e. The Labute approximate surface area is 123 Å². The molecular formula is C14H19FN6. The second-order valence-electron chi connectivity index (χ2n) is 4.63. The molecular weight excluding hydrogens is 271 g/mol. The Kier molecular flexibility index (Phi) is 4.86. The van der Waals surface area contributed by atoms with Crippen LogP contribution in [0.2, 0.25) is 0 Å². The van der Waals surface area contributed by atoms with E-state index in [-0.39, 0.29) is 5.82 Å². The first-order valence-corrected chi connectivity index (χ1v) is 6.64. The molecule has 2 rings (SSSR count). The van der Waals surface area contributed by atoms with Gasteiger partial charge in [-0.2, -0.15) is 0 Å². The number of guanidine groups is 1. The molecule has 0 aliphatic carbocycles. The summed E-state index contributed by atoms with van der Waals surface area (Å²) < 4.78 is 15.0. The summed E-state index contributed by atoms with van der Waals surface area (Å²) in [4.78, 5) is 4.12. The van der Waals surface area contributed by atoms with Gasteiger partial charge in [0.05, 0.1) is 6.54 Å². The minimum atomic E-state index is -0.244. The molecule has 2 aromatic rings. The lowest BCUT2D eigenvalue weighted by atomic mass is 10.2. The maximum Gasteiger partial charge on any atom is 0.191 e. The van der Waals surface area contributed by atoms with Crippen LogP contribution in [-0.4, -0.2) is 27.8 Å². The molecule has 0 aliphatic heterocycles. The third kappa shape index (κ3) is 4.01. The summed E-state index contributed by atoms with van der Waals surface area (Å²) in [6, 6.07) is 6.46. The predicted octanol–water partition coefficient (Wildman–Crippen LogP) is 1.13. The fourth-order valence-electron chi connectivity index (χ4n) is 1.82. The lowest BCUT2D eigenvalue weighted by molar-refractivity contribution is 0.624. The number of halogens is 1. The molecule has 0 aliphatic rings. The largest absolute Gasteiger partial charge is 0.352 e. The van der Waals surface area contributed by atoms with E-state index in [1.165, 1.54) is 12.1 Å². The smallest absolute Gasteiger partial charge is 0.191 e. The van der Waals surface area contributed by atoms with Crippen LogP contribution in [-0.2, 0) is 20.1 Å². The van der Waals surface area contributed by atoms with Crippen molar-refractivity contribution >= 4 is 5.96 Å². The SMILES string of the molecule is CN=C(NCc1cccc(F)c1)NCc1nnc(C)n1C. The van der Waals surface area contributed by atoms with Gasteiger partial charge < -0.3 is 15.2 Å². The highest BCUT2D eigenvalue weighted by molar-refractivity contribution is 5.79. The van der Waals surface area contributed by atoms with Gasteiger partial charge in [0.25, 0.3) is 0 Å². The van der Waals surface area contributed by atoms with Crippen molar-refractivity contribution in [3.8, 4) is 0 Å². The number of nitrogens with one attached hydrogen (secondary N) is 2. The zero-order chi connectivity index (χ0) is 15.2. The third-order valence-electron chi connectivity index (χ3n) is 3.17. The van der Waals surface area contributed by atoms with Crippen molar-refractivity contribution in [1.82, 2.24) is 25.4 Å². The molecule has 0 amide bonds. The number of aromatic nitrogens is 3. The molecule has 0 saturated carbocycles. The molecule has 0 saturated heterocycles. The number of aryl methyl sites for hydroxylation is 1. The van der Waals surface area contributed by atoms with E-state index >= 15 is 0 Å². The van der Waals surface area contributed by atoms with Crippen LogP contribution in [0, 0.1) is 12.7 Å². The number of aliphatic imine (C=N–C) groups is 1. The Morgan fingerprint density at radius 2 is 2.05 bits per heavy atom. The van der Waals surface area contributed by atoms with Crippen LogP contribution in [0.4, 0.5) is 4.39 Å². The first-order valence-electron chi connectivity index (χ1n) is 6.64. The Hall–Kier alpha value is -2.44. The van der Waals surface area contributed by atoms with Crippen molar-refractivity contribution in [2.24, 2.45) is 12.0 Å². The highest BCUT2D eigenvalue weighted by Gasteiger charge is 2.05. The van der Waals surface area contributed by atoms with Gasteiger partial charge >= 0.3 is 0 Å². The van der Waals surface area contributed by atoms with Crippen LogP contribution >= 0.6 is 0 Å². The van der Waals surface area contributed by atoms with Crippen LogP contribution in [0.25, 0.3) is 0 Å². The summed E-state index contributed by atoms with van der Waals surface area (Å²) in [5.41, 5.74) is 0.854. The van der Waals surface area contributed by atoms with Crippen LogP contribution < -0.4 is 10.6 Å². The molecule has 0 atom stereocenters. The van der Waals surface area contributed by atoms with Gasteiger partial charge in [-0.25, -0.2) is 4.39 Å². The lowest BCUT2D eigenvalue weighted by Gasteiger charge is -2.11. The molecule has 2 N–H and O–H groups in total. The van der Waals surface area contributed by atoms with Crippen LogP contribution in [0.5, 0.6) is 0 Å². The van der Waals surface area contributed by atoms with E-state index in [9.17, 15) is 4.39 Å². The second-order valence-corrected chi connectivity index (χ2v) is 4.63. The van der Waals surface area contributed by atoms with E-state index in [1.54, 1.807) is 13.1 Å². The van der Waals surface area contributed by atoms with Crippen molar-refractivity contribution in [1.29, 1.82) is 0 Å².